The van der Waals surface area contributed by atoms with E-state index in [1.807, 2.05) is 0 Å². The minimum Gasteiger partial charge on any atom is -0.396 e. The predicted molar refractivity (Wildman–Crippen MR) is 46.5 cm³/mol. The minimum absolute atomic E-state index is 0.184. The van der Waals surface area contributed by atoms with Crippen molar-refractivity contribution in [1.82, 2.24) is 0 Å². The molecule has 58 valence electrons. The molecule has 0 unspecified atom stereocenters. The largest absolute Gasteiger partial charge is 0.396 e. The number of aliphatic hydroxyl groups excluding tert-OH is 2. The summed E-state index contributed by atoms with van der Waals surface area (Å²) < 4.78 is 0. The van der Waals surface area contributed by atoms with E-state index in [1.54, 1.807) is 0 Å². The lowest BCUT2D eigenvalue weighted by Gasteiger charge is -1.79. The Kier molecular flexibility index (Phi) is 21.7. The number of aliphatic hydroxyl groups is 2. The first kappa shape index (κ1) is 12.3. The second-order valence-corrected chi connectivity index (χ2v) is 2.14. The van der Waals surface area contributed by atoms with Gasteiger partial charge in [-0.05, 0) is 12.2 Å². The fraction of sp³-hybridized carbons (Fsp3) is 1.00. The van der Waals surface area contributed by atoms with Crippen LogP contribution in [0.4, 0.5) is 0 Å². The molecular formula is C5H14O2S2. The lowest BCUT2D eigenvalue weighted by atomic mass is 10.5. The zero-order valence-corrected chi connectivity index (χ0v) is 7.11. The van der Waals surface area contributed by atoms with E-state index in [-0.39, 0.29) is 13.2 Å². The van der Waals surface area contributed by atoms with E-state index in [9.17, 15) is 0 Å². The molecule has 0 atom stereocenters. The quantitative estimate of drug-likeness (QED) is 0.457. The van der Waals surface area contributed by atoms with Crippen molar-refractivity contribution in [2.45, 2.75) is 6.42 Å². The first-order chi connectivity index (χ1) is 4.33. The highest BCUT2D eigenvalue weighted by Gasteiger charge is 1.69. The molecule has 0 saturated heterocycles. The summed E-state index contributed by atoms with van der Waals surface area (Å²) in [4.78, 5) is 0. The smallest absolute Gasteiger partial charge is 0.0519 e. The van der Waals surface area contributed by atoms with E-state index in [1.165, 1.54) is 0 Å². The van der Waals surface area contributed by atoms with E-state index < -0.39 is 0 Å². The Morgan fingerprint density at radius 2 is 1.33 bits per heavy atom. The first-order valence-electron chi connectivity index (χ1n) is 2.76. The highest BCUT2D eigenvalue weighted by molar-refractivity contribution is 7.80. The van der Waals surface area contributed by atoms with Crippen LogP contribution in [0.2, 0.25) is 0 Å². The van der Waals surface area contributed by atoms with E-state index in [0.29, 0.717) is 5.75 Å². The van der Waals surface area contributed by atoms with Crippen LogP contribution in [0.15, 0.2) is 0 Å². The third kappa shape index (κ3) is 28.8. The summed E-state index contributed by atoms with van der Waals surface area (Å²) in [6.07, 6.45) is 0.809. The molecule has 0 radical (unpaired) electrons. The summed E-state index contributed by atoms with van der Waals surface area (Å²) in [6, 6.07) is 0. The van der Waals surface area contributed by atoms with E-state index >= 15 is 0 Å². The molecule has 0 spiro atoms. The molecule has 0 aliphatic heterocycles. The number of rotatable bonds is 3. The van der Waals surface area contributed by atoms with Gasteiger partial charge in [0.25, 0.3) is 0 Å². The van der Waals surface area contributed by atoms with Crippen molar-refractivity contribution < 1.29 is 10.2 Å². The third-order valence-corrected chi connectivity index (χ3v) is 0.932. The molecule has 0 fully saturated rings. The van der Waals surface area contributed by atoms with E-state index in [2.05, 4.69) is 25.3 Å². The van der Waals surface area contributed by atoms with E-state index in [4.69, 9.17) is 10.2 Å². The molecule has 0 rings (SSSR count). The molecule has 9 heavy (non-hydrogen) atoms. The van der Waals surface area contributed by atoms with Crippen LogP contribution in [0, 0.1) is 0 Å². The normalized spacial score (nSPS) is 8.00. The van der Waals surface area contributed by atoms with Crippen LogP contribution >= 0.6 is 25.3 Å². The molecule has 2 N–H and O–H groups in total. The van der Waals surface area contributed by atoms with Crippen LogP contribution in [0.1, 0.15) is 6.42 Å². The summed E-state index contributed by atoms with van der Waals surface area (Å²) in [7, 11) is 0. The van der Waals surface area contributed by atoms with Gasteiger partial charge in [-0.15, -0.1) is 0 Å². The predicted octanol–water partition coefficient (Wildman–Crippen LogP) is 0.207. The van der Waals surface area contributed by atoms with Crippen molar-refractivity contribution in [3.8, 4) is 0 Å². The van der Waals surface area contributed by atoms with Crippen molar-refractivity contribution >= 4 is 25.3 Å². The summed E-state index contributed by atoms with van der Waals surface area (Å²) in [5, 5.41) is 15.8. The molecule has 0 heterocycles. The zero-order chi connectivity index (χ0) is 7.54. The molecule has 0 aliphatic carbocycles. The summed E-state index contributed by atoms with van der Waals surface area (Å²) in [5.74, 6) is 1.36. The third-order valence-electron chi connectivity index (χ3n) is 0.416. The minimum atomic E-state index is 0.184. The van der Waals surface area contributed by atoms with Crippen LogP contribution in [-0.2, 0) is 0 Å². The molecule has 0 amide bonds. The van der Waals surface area contributed by atoms with Crippen LogP contribution in [0.25, 0.3) is 0 Å². The molecule has 4 heteroatoms. The highest BCUT2D eigenvalue weighted by Crippen LogP contribution is 1.76. The highest BCUT2D eigenvalue weighted by atomic mass is 32.1. The van der Waals surface area contributed by atoms with Gasteiger partial charge in [0, 0.05) is 12.4 Å². The van der Waals surface area contributed by atoms with Gasteiger partial charge >= 0.3 is 0 Å². The average molecular weight is 170 g/mol. The first-order valence-corrected chi connectivity index (χ1v) is 4.03. The Balaban J connectivity index is 0. The maximum atomic E-state index is 8.02. The van der Waals surface area contributed by atoms with Gasteiger partial charge in [-0.2, -0.15) is 25.3 Å². The second-order valence-electron chi connectivity index (χ2n) is 1.25. The summed E-state index contributed by atoms with van der Waals surface area (Å²) >= 11 is 7.51. The van der Waals surface area contributed by atoms with Crippen molar-refractivity contribution in [3.05, 3.63) is 0 Å². The summed E-state index contributed by atoms with van der Waals surface area (Å²) in [5.41, 5.74) is 0. The maximum Gasteiger partial charge on any atom is 0.0519 e. The molecule has 0 aromatic heterocycles. The molecule has 0 aromatic carbocycles. The Bertz CT molecular complexity index is 32.1. The fourth-order valence-electron chi connectivity index (χ4n) is 0.0707. The summed E-state index contributed by atoms with van der Waals surface area (Å²) in [6.45, 7) is 0.451. The lowest BCUT2D eigenvalue weighted by molar-refractivity contribution is 0.296. The van der Waals surface area contributed by atoms with Crippen molar-refractivity contribution in [2.75, 3.05) is 24.7 Å². The Morgan fingerprint density at radius 3 is 1.33 bits per heavy atom. The topological polar surface area (TPSA) is 40.5 Å². The Labute approximate surface area is 67.1 Å². The Hall–Kier alpha value is 0.620. The van der Waals surface area contributed by atoms with Gasteiger partial charge in [-0.1, -0.05) is 0 Å². The van der Waals surface area contributed by atoms with Gasteiger partial charge < -0.3 is 10.2 Å². The van der Waals surface area contributed by atoms with Gasteiger partial charge in [0.15, 0.2) is 0 Å². The molecule has 0 saturated carbocycles. The molecule has 2 nitrogen and oxygen atoms in total. The molecule has 0 aromatic rings. The van der Waals surface area contributed by atoms with Crippen LogP contribution in [0.5, 0.6) is 0 Å². The Morgan fingerprint density at radius 1 is 0.889 bits per heavy atom. The van der Waals surface area contributed by atoms with Gasteiger partial charge in [-0.25, -0.2) is 0 Å². The van der Waals surface area contributed by atoms with Gasteiger partial charge in [0.1, 0.15) is 0 Å². The van der Waals surface area contributed by atoms with Crippen LogP contribution < -0.4 is 0 Å². The maximum absolute atomic E-state index is 8.02. The van der Waals surface area contributed by atoms with Crippen molar-refractivity contribution in [2.24, 2.45) is 0 Å². The molecular weight excluding hydrogens is 156 g/mol. The van der Waals surface area contributed by atoms with Gasteiger partial charge in [-0.3, -0.25) is 0 Å². The van der Waals surface area contributed by atoms with Crippen LogP contribution in [0.3, 0.4) is 0 Å². The van der Waals surface area contributed by atoms with Crippen molar-refractivity contribution in [1.29, 1.82) is 0 Å². The number of thiol groups is 2. The fourth-order valence-corrected chi connectivity index (χ4v) is 0.212. The standard InChI is InChI=1S/C3H8OS.C2H6OS/c4-2-1-3-5;3-1-2-4/h4-5H,1-3H2;3-4H,1-2H2. The van der Waals surface area contributed by atoms with Crippen LogP contribution in [-0.4, -0.2) is 34.9 Å². The van der Waals surface area contributed by atoms with E-state index in [0.717, 1.165) is 12.2 Å². The van der Waals surface area contributed by atoms with Crippen molar-refractivity contribution in [3.63, 3.8) is 0 Å². The zero-order valence-electron chi connectivity index (χ0n) is 5.32. The lowest BCUT2D eigenvalue weighted by Crippen LogP contribution is -1.79. The van der Waals surface area contributed by atoms with Gasteiger partial charge in [0.05, 0.1) is 6.61 Å². The SMILES string of the molecule is OCCCS.OCCS. The van der Waals surface area contributed by atoms with Gasteiger partial charge in [0.2, 0.25) is 0 Å². The molecule has 0 aliphatic rings. The number of hydrogen-bond acceptors (Lipinski definition) is 4. The second kappa shape index (κ2) is 15.8. The molecule has 0 bridgehead atoms. The average Bonchev–Trinajstić information content (AvgIpc) is 1.91. The number of hydrogen-bond donors (Lipinski definition) is 4. The monoisotopic (exact) mass is 170 g/mol.